The molecule has 1 aliphatic heterocycles. The second kappa shape index (κ2) is 9.27. The molecule has 0 spiro atoms. The molecule has 1 fully saturated rings. The van der Waals surface area contributed by atoms with Crippen LogP contribution in [0.5, 0.6) is 17.2 Å². The standard InChI is InChI=1S/C26H22FNO6/c1-32-18-10-4-7-15(13-18)23-22(24(29)21-19(33-2)11-6-12-20(21)34-3)25(30)26(31)28(23)17-9-5-8-16(27)14-17/h4-14,23,29H,1-3H3/b24-22+. The normalized spacial score (nSPS) is 17.1. The fourth-order valence-electron chi connectivity index (χ4n) is 4.07. The van der Waals surface area contributed by atoms with Crippen molar-refractivity contribution >= 4 is 23.1 Å². The summed E-state index contributed by atoms with van der Waals surface area (Å²) in [5, 5.41) is 11.4. The predicted octanol–water partition coefficient (Wildman–Crippen LogP) is 4.48. The maximum atomic E-state index is 14.1. The van der Waals surface area contributed by atoms with Crippen molar-refractivity contribution in [3.63, 3.8) is 0 Å². The number of anilines is 1. The first-order valence-corrected chi connectivity index (χ1v) is 10.3. The zero-order valence-corrected chi connectivity index (χ0v) is 18.7. The van der Waals surface area contributed by atoms with E-state index in [0.29, 0.717) is 11.3 Å². The maximum absolute atomic E-state index is 14.1. The van der Waals surface area contributed by atoms with Crippen LogP contribution in [0.25, 0.3) is 5.76 Å². The summed E-state index contributed by atoms with van der Waals surface area (Å²) in [7, 11) is 4.31. The van der Waals surface area contributed by atoms with Crippen molar-refractivity contribution in [2.24, 2.45) is 0 Å². The molecule has 34 heavy (non-hydrogen) atoms. The monoisotopic (exact) mass is 463 g/mol. The van der Waals surface area contributed by atoms with Crippen LogP contribution in [-0.2, 0) is 9.59 Å². The van der Waals surface area contributed by atoms with Crippen LogP contribution >= 0.6 is 0 Å². The molecule has 7 nitrogen and oxygen atoms in total. The van der Waals surface area contributed by atoms with Gasteiger partial charge in [0.25, 0.3) is 11.7 Å². The third-order valence-electron chi connectivity index (χ3n) is 5.60. The van der Waals surface area contributed by atoms with E-state index in [4.69, 9.17) is 14.2 Å². The Morgan fingerprint density at radius 1 is 0.882 bits per heavy atom. The molecule has 1 aliphatic rings. The lowest BCUT2D eigenvalue weighted by Crippen LogP contribution is -2.29. The second-order valence-electron chi connectivity index (χ2n) is 7.46. The molecule has 3 aromatic carbocycles. The average molecular weight is 463 g/mol. The molecule has 1 N–H and O–H groups in total. The highest BCUT2D eigenvalue weighted by molar-refractivity contribution is 6.51. The topological polar surface area (TPSA) is 85.3 Å². The zero-order valence-electron chi connectivity index (χ0n) is 18.7. The molecule has 0 bridgehead atoms. The fourth-order valence-corrected chi connectivity index (χ4v) is 4.07. The van der Waals surface area contributed by atoms with Crippen LogP contribution < -0.4 is 19.1 Å². The van der Waals surface area contributed by atoms with Crippen molar-refractivity contribution in [2.75, 3.05) is 26.2 Å². The van der Waals surface area contributed by atoms with Crippen LogP contribution in [0.1, 0.15) is 17.2 Å². The third kappa shape index (κ3) is 3.83. The number of nitrogens with zero attached hydrogens (tertiary/aromatic N) is 1. The maximum Gasteiger partial charge on any atom is 0.300 e. The van der Waals surface area contributed by atoms with Gasteiger partial charge in [0.05, 0.1) is 32.9 Å². The lowest BCUT2D eigenvalue weighted by molar-refractivity contribution is -0.132. The number of carbonyl (C=O) groups excluding carboxylic acids is 2. The molecule has 1 saturated heterocycles. The first kappa shape index (κ1) is 22.8. The van der Waals surface area contributed by atoms with E-state index in [0.717, 1.165) is 11.0 Å². The second-order valence-corrected chi connectivity index (χ2v) is 7.46. The van der Waals surface area contributed by atoms with Crippen LogP contribution in [-0.4, -0.2) is 38.1 Å². The van der Waals surface area contributed by atoms with Gasteiger partial charge >= 0.3 is 0 Å². The van der Waals surface area contributed by atoms with Gasteiger partial charge < -0.3 is 19.3 Å². The molecule has 174 valence electrons. The van der Waals surface area contributed by atoms with Crippen LogP contribution in [0, 0.1) is 5.82 Å². The van der Waals surface area contributed by atoms with Gasteiger partial charge in [-0.2, -0.15) is 0 Å². The SMILES string of the molecule is COc1cccc(C2/C(=C(\O)c3c(OC)cccc3OC)C(=O)C(=O)N2c2cccc(F)c2)c1. The Bertz CT molecular complexity index is 1280. The highest BCUT2D eigenvalue weighted by Gasteiger charge is 2.47. The molecule has 1 atom stereocenters. The number of methoxy groups -OCH3 is 3. The van der Waals surface area contributed by atoms with E-state index < -0.39 is 29.3 Å². The number of Topliss-reactive ketones (excluding diaryl/α,β-unsaturated/α-hetero) is 1. The van der Waals surface area contributed by atoms with E-state index in [2.05, 4.69) is 0 Å². The van der Waals surface area contributed by atoms with E-state index in [1.807, 2.05) is 0 Å². The van der Waals surface area contributed by atoms with Crippen molar-refractivity contribution in [2.45, 2.75) is 6.04 Å². The molecular formula is C26H22FNO6. The largest absolute Gasteiger partial charge is 0.506 e. The molecule has 1 amide bonds. The van der Waals surface area contributed by atoms with Gasteiger partial charge in [-0.15, -0.1) is 0 Å². The number of hydrogen-bond donors (Lipinski definition) is 1. The summed E-state index contributed by atoms with van der Waals surface area (Å²) in [6.45, 7) is 0. The van der Waals surface area contributed by atoms with Gasteiger partial charge in [-0.1, -0.05) is 24.3 Å². The summed E-state index contributed by atoms with van der Waals surface area (Å²) in [6.07, 6.45) is 0. The molecule has 3 aromatic rings. The molecule has 8 heteroatoms. The number of amides is 1. The number of ether oxygens (including phenoxy) is 3. The van der Waals surface area contributed by atoms with E-state index >= 15 is 0 Å². The quantitative estimate of drug-likeness (QED) is 0.330. The first-order valence-electron chi connectivity index (χ1n) is 10.3. The van der Waals surface area contributed by atoms with E-state index in [1.165, 1.54) is 39.5 Å². The average Bonchev–Trinajstić information content (AvgIpc) is 3.13. The summed E-state index contributed by atoms with van der Waals surface area (Å²) >= 11 is 0. The smallest absolute Gasteiger partial charge is 0.300 e. The van der Waals surface area contributed by atoms with Crippen LogP contribution in [0.15, 0.2) is 72.3 Å². The minimum Gasteiger partial charge on any atom is -0.506 e. The summed E-state index contributed by atoms with van der Waals surface area (Å²) < 4.78 is 30.2. The predicted molar refractivity (Wildman–Crippen MR) is 124 cm³/mol. The first-order chi connectivity index (χ1) is 16.4. The summed E-state index contributed by atoms with van der Waals surface area (Å²) in [5.41, 5.74) is 0.585. The van der Waals surface area contributed by atoms with Crippen molar-refractivity contribution in [3.05, 3.63) is 89.2 Å². The summed E-state index contributed by atoms with van der Waals surface area (Å²) in [4.78, 5) is 27.7. The van der Waals surface area contributed by atoms with Gasteiger partial charge in [0.2, 0.25) is 0 Å². The Morgan fingerprint density at radius 2 is 1.53 bits per heavy atom. The number of hydrogen-bond acceptors (Lipinski definition) is 6. The number of aliphatic hydroxyl groups excluding tert-OH is 1. The fraction of sp³-hybridized carbons (Fsp3) is 0.154. The van der Waals surface area contributed by atoms with E-state index in [1.54, 1.807) is 42.5 Å². The summed E-state index contributed by atoms with van der Waals surface area (Å²) in [6, 6.07) is 15.9. The Morgan fingerprint density at radius 3 is 2.15 bits per heavy atom. The molecule has 0 aliphatic carbocycles. The zero-order chi connectivity index (χ0) is 24.4. The summed E-state index contributed by atoms with van der Waals surface area (Å²) in [5.74, 6) is -1.90. The van der Waals surface area contributed by atoms with Crippen LogP contribution in [0.3, 0.4) is 0 Å². The van der Waals surface area contributed by atoms with Crippen molar-refractivity contribution < 1.29 is 33.3 Å². The number of halogens is 1. The van der Waals surface area contributed by atoms with Crippen LogP contribution in [0.2, 0.25) is 0 Å². The van der Waals surface area contributed by atoms with Crippen molar-refractivity contribution in [1.82, 2.24) is 0 Å². The number of ketones is 1. The number of rotatable bonds is 6. The lowest BCUT2D eigenvalue weighted by Gasteiger charge is -2.26. The highest BCUT2D eigenvalue weighted by atomic mass is 19.1. The minimum absolute atomic E-state index is 0.123. The van der Waals surface area contributed by atoms with Gasteiger partial charge in [-0.3, -0.25) is 14.5 Å². The van der Waals surface area contributed by atoms with Gasteiger partial charge in [0.15, 0.2) is 0 Å². The Kier molecular flexibility index (Phi) is 6.23. The molecule has 1 heterocycles. The molecular weight excluding hydrogens is 441 g/mol. The van der Waals surface area contributed by atoms with Gasteiger partial charge in [0.1, 0.15) is 34.4 Å². The minimum atomic E-state index is -1.06. The number of aliphatic hydroxyl groups is 1. The Labute approximate surface area is 195 Å². The Balaban J connectivity index is 2.03. The van der Waals surface area contributed by atoms with Crippen LogP contribution in [0.4, 0.5) is 10.1 Å². The van der Waals surface area contributed by atoms with Gasteiger partial charge in [-0.25, -0.2) is 4.39 Å². The molecule has 0 saturated carbocycles. The number of carbonyl (C=O) groups is 2. The molecule has 4 rings (SSSR count). The van der Waals surface area contributed by atoms with Crippen molar-refractivity contribution in [3.8, 4) is 17.2 Å². The molecule has 0 radical (unpaired) electrons. The third-order valence-corrected chi connectivity index (χ3v) is 5.60. The highest BCUT2D eigenvalue weighted by Crippen LogP contribution is 2.45. The van der Waals surface area contributed by atoms with Gasteiger partial charge in [-0.05, 0) is 48.0 Å². The van der Waals surface area contributed by atoms with E-state index in [-0.39, 0.29) is 28.3 Å². The molecule has 0 aromatic heterocycles. The van der Waals surface area contributed by atoms with E-state index in [9.17, 15) is 19.1 Å². The van der Waals surface area contributed by atoms with Crippen molar-refractivity contribution in [1.29, 1.82) is 0 Å². The number of benzene rings is 3. The Hall–Kier alpha value is -4.33. The molecule has 1 unspecified atom stereocenters. The lowest BCUT2D eigenvalue weighted by atomic mass is 9.94. The van der Waals surface area contributed by atoms with Gasteiger partial charge in [0, 0.05) is 5.69 Å².